The minimum atomic E-state index is -0.262. The Morgan fingerprint density at radius 1 is 1.54 bits per heavy atom. The Bertz CT molecular complexity index is 248. The summed E-state index contributed by atoms with van der Waals surface area (Å²) in [4.78, 5) is 2.73. The molecule has 0 aliphatic heterocycles. The van der Waals surface area contributed by atoms with Crippen molar-refractivity contribution in [3.8, 4) is 0 Å². The molecule has 1 rings (SSSR count). The minimum Gasteiger partial charge on any atom is -0.392 e. The van der Waals surface area contributed by atoms with Crippen LogP contribution in [0.25, 0.3) is 0 Å². The average molecular weight is 199 g/mol. The first-order chi connectivity index (χ1) is 6.09. The average Bonchev–Trinajstić information content (AvgIpc) is 2.30. The normalized spacial score (nSPS) is 13.2. The van der Waals surface area contributed by atoms with E-state index < -0.39 is 0 Å². The van der Waals surface area contributed by atoms with Crippen molar-refractivity contribution in [1.29, 1.82) is 0 Å². The largest absolute Gasteiger partial charge is 0.392 e. The van der Waals surface area contributed by atoms with Gasteiger partial charge in [-0.3, -0.25) is 0 Å². The molecule has 0 saturated carbocycles. The Morgan fingerprint density at radius 2 is 2.23 bits per heavy atom. The number of nitrogens with one attached hydrogen (secondary N) is 1. The molecule has 0 radical (unpaired) electrons. The lowest BCUT2D eigenvalue weighted by Crippen LogP contribution is -2.23. The van der Waals surface area contributed by atoms with Gasteiger partial charge in [-0.05, 0) is 32.4 Å². The van der Waals surface area contributed by atoms with E-state index in [1.165, 1.54) is 15.3 Å². The van der Waals surface area contributed by atoms with Crippen LogP contribution >= 0.6 is 11.3 Å². The Balaban J connectivity index is 2.37. The molecule has 1 atom stereocenters. The fourth-order valence-corrected chi connectivity index (χ4v) is 2.16. The van der Waals surface area contributed by atoms with Gasteiger partial charge >= 0.3 is 0 Å². The third kappa shape index (κ3) is 3.46. The van der Waals surface area contributed by atoms with Gasteiger partial charge in [0.25, 0.3) is 0 Å². The van der Waals surface area contributed by atoms with Crippen molar-refractivity contribution in [2.75, 3.05) is 6.54 Å². The number of rotatable bonds is 4. The van der Waals surface area contributed by atoms with Gasteiger partial charge in [-0.15, -0.1) is 11.3 Å². The van der Waals surface area contributed by atoms with Crippen LogP contribution < -0.4 is 5.32 Å². The zero-order valence-corrected chi connectivity index (χ0v) is 9.24. The second-order valence-electron chi connectivity index (χ2n) is 3.43. The first-order valence-electron chi connectivity index (χ1n) is 4.54. The maximum atomic E-state index is 9.03. The molecule has 1 aromatic heterocycles. The summed E-state index contributed by atoms with van der Waals surface area (Å²) >= 11 is 1.82. The molecular formula is C10H17NOS. The van der Waals surface area contributed by atoms with E-state index in [9.17, 15) is 0 Å². The zero-order chi connectivity index (χ0) is 9.84. The summed E-state index contributed by atoms with van der Waals surface area (Å²) < 4.78 is 0. The topological polar surface area (TPSA) is 32.3 Å². The van der Waals surface area contributed by atoms with Crippen LogP contribution in [0.2, 0.25) is 0 Å². The van der Waals surface area contributed by atoms with E-state index >= 15 is 0 Å². The maximum absolute atomic E-state index is 9.03. The lowest BCUT2D eigenvalue weighted by Gasteiger charge is -2.04. The standard InChI is InChI=1S/C10H17NOS/c1-7-4-10(13-9(7)3)6-11-5-8(2)12/h4,8,11-12H,5-6H2,1-3H3. The maximum Gasteiger partial charge on any atom is 0.0636 e. The minimum absolute atomic E-state index is 0.262. The van der Waals surface area contributed by atoms with Crippen LogP contribution in [0, 0.1) is 13.8 Å². The number of thiophene rings is 1. The van der Waals surface area contributed by atoms with E-state index in [-0.39, 0.29) is 6.10 Å². The quantitative estimate of drug-likeness (QED) is 0.775. The molecule has 0 amide bonds. The molecule has 74 valence electrons. The summed E-state index contributed by atoms with van der Waals surface area (Å²) in [6.07, 6.45) is -0.262. The smallest absolute Gasteiger partial charge is 0.0636 e. The predicted octanol–water partition coefficient (Wildman–Crippen LogP) is 1.84. The van der Waals surface area contributed by atoms with Crippen LogP contribution in [0.5, 0.6) is 0 Å². The van der Waals surface area contributed by atoms with Crippen molar-refractivity contribution < 1.29 is 5.11 Å². The van der Waals surface area contributed by atoms with Gasteiger partial charge in [-0.25, -0.2) is 0 Å². The van der Waals surface area contributed by atoms with Crippen LogP contribution in [0.4, 0.5) is 0 Å². The number of hydrogen-bond donors (Lipinski definition) is 2. The summed E-state index contributed by atoms with van der Waals surface area (Å²) in [5.41, 5.74) is 1.36. The van der Waals surface area contributed by atoms with E-state index in [0.717, 1.165) is 6.54 Å². The molecule has 1 heterocycles. The molecule has 0 aliphatic rings. The van der Waals surface area contributed by atoms with Gasteiger partial charge in [-0.1, -0.05) is 0 Å². The predicted molar refractivity (Wildman–Crippen MR) is 57.2 cm³/mol. The van der Waals surface area contributed by atoms with Gasteiger partial charge in [0.2, 0.25) is 0 Å². The Labute approximate surface area is 83.6 Å². The second-order valence-corrected chi connectivity index (χ2v) is 4.77. The van der Waals surface area contributed by atoms with Gasteiger partial charge in [0.15, 0.2) is 0 Å². The van der Waals surface area contributed by atoms with Crippen LogP contribution in [-0.4, -0.2) is 17.8 Å². The summed E-state index contributed by atoms with van der Waals surface area (Å²) in [6, 6.07) is 2.20. The van der Waals surface area contributed by atoms with Gasteiger partial charge in [-0.2, -0.15) is 0 Å². The van der Waals surface area contributed by atoms with E-state index in [0.29, 0.717) is 6.54 Å². The molecule has 0 bridgehead atoms. The van der Waals surface area contributed by atoms with E-state index in [1.54, 1.807) is 6.92 Å². The zero-order valence-electron chi connectivity index (χ0n) is 8.42. The summed E-state index contributed by atoms with van der Waals surface area (Å²) in [6.45, 7) is 7.58. The van der Waals surface area contributed by atoms with Crippen LogP contribution in [-0.2, 0) is 6.54 Å². The van der Waals surface area contributed by atoms with Crippen LogP contribution in [0.1, 0.15) is 22.2 Å². The van der Waals surface area contributed by atoms with E-state index in [1.807, 2.05) is 11.3 Å². The monoisotopic (exact) mass is 199 g/mol. The highest BCUT2D eigenvalue weighted by atomic mass is 32.1. The fraction of sp³-hybridized carbons (Fsp3) is 0.600. The molecular weight excluding hydrogens is 182 g/mol. The fourth-order valence-electron chi connectivity index (χ4n) is 1.14. The first-order valence-corrected chi connectivity index (χ1v) is 5.36. The molecule has 0 spiro atoms. The molecule has 0 aromatic carbocycles. The third-order valence-electron chi connectivity index (χ3n) is 1.96. The van der Waals surface area contributed by atoms with Gasteiger partial charge in [0.1, 0.15) is 0 Å². The highest BCUT2D eigenvalue weighted by Gasteiger charge is 2.01. The van der Waals surface area contributed by atoms with Crippen molar-refractivity contribution in [2.45, 2.75) is 33.4 Å². The van der Waals surface area contributed by atoms with E-state index in [4.69, 9.17) is 5.11 Å². The molecule has 1 aromatic rings. The molecule has 0 aliphatic carbocycles. The molecule has 13 heavy (non-hydrogen) atoms. The highest BCUT2D eigenvalue weighted by Crippen LogP contribution is 2.19. The Hall–Kier alpha value is -0.380. The van der Waals surface area contributed by atoms with E-state index in [2.05, 4.69) is 25.2 Å². The van der Waals surface area contributed by atoms with Gasteiger partial charge < -0.3 is 10.4 Å². The lowest BCUT2D eigenvalue weighted by atomic mass is 10.3. The van der Waals surface area contributed by atoms with Crippen molar-refractivity contribution in [3.63, 3.8) is 0 Å². The molecule has 2 N–H and O–H groups in total. The van der Waals surface area contributed by atoms with Crippen LogP contribution in [0.15, 0.2) is 6.07 Å². The van der Waals surface area contributed by atoms with Crippen molar-refractivity contribution >= 4 is 11.3 Å². The number of aliphatic hydroxyl groups excluding tert-OH is 1. The third-order valence-corrected chi connectivity index (χ3v) is 3.11. The van der Waals surface area contributed by atoms with Gasteiger partial charge in [0.05, 0.1) is 6.10 Å². The number of aliphatic hydroxyl groups is 1. The molecule has 0 fully saturated rings. The summed E-state index contributed by atoms with van der Waals surface area (Å²) in [5.74, 6) is 0. The molecule has 3 heteroatoms. The molecule has 2 nitrogen and oxygen atoms in total. The summed E-state index contributed by atoms with van der Waals surface area (Å²) in [7, 11) is 0. The Morgan fingerprint density at radius 3 is 2.69 bits per heavy atom. The first kappa shape index (κ1) is 10.7. The van der Waals surface area contributed by atoms with Crippen molar-refractivity contribution in [2.24, 2.45) is 0 Å². The summed E-state index contributed by atoms with van der Waals surface area (Å²) in [5, 5.41) is 12.2. The molecule has 1 unspecified atom stereocenters. The van der Waals surface area contributed by atoms with Crippen LogP contribution in [0.3, 0.4) is 0 Å². The van der Waals surface area contributed by atoms with Crippen molar-refractivity contribution in [1.82, 2.24) is 5.32 Å². The number of aryl methyl sites for hydroxylation is 2. The SMILES string of the molecule is Cc1cc(CNCC(C)O)sc1C. The molecule has 0 saturated heterocycles. The number of hydrogen-bond acceptors (Lipinski definition) is 3. The highest BCUT2D eigenvalue weighted by molar-refractivity contribution is 7.12. The Kier molecular flexibility index (Phi) is 3.90. The van der Waals surface area contributed by atoms with Gasteiger partial charge in [0, 0.05) is 22.8 Å². The lowest BCUT2D eigenvalue weighted by molar-refractivity contribution is 0.191. The second kappa shape index (κ2) is 4.74. The van der Waals surface area contributed by atoms with Crippen molar-refractivity contribution in [3.05, 3.63) is 21.4 Å².